The van der Waals surface area contributed by atoms with E-state index < -0.39 is 0 Å². The quantitative estimate of drug-likeness (QED) is 0.104. The van der Waals surface area contributed by atoms with Crippen LogP contribution in [0.1, 0.15) is 201 Å². The van der Waals surface area contributed by atoms with Crippen LogP contribution in [0.25, 0.3) is 0 Å². The molecule has 0 bridgehead atoms. The predicted molar refractivity (Wildman–Crippen MR) is 150 cm³/mol. The molecule has 32 heavy (non-hydrogen) atoms. The van der Waals surface area contributed by atoms with Gasteiger partial charge in [-0.2, -0.15) is 0 Å². The molecule has 0 fully saturated rings. The molecule has 0 aromatic rings. The Labute approximate surface area is 206 Å². The van der Waals surface area contributed by atoms with Crippen molar-refractivity contribution in [1.29, 1.82) is 0 Å². The van der Waals surface area contributed by atoms with E-state index in [1.165, 1.54) is 180 Å². The molecule has 0 unspecified atom stereocenters. The minimum atomic E-state index is 0.968. The van der Waals surface area contributed by atoms with Crippen LogP contribution >= 0.6 is 0 Å². The highest BCUT2D eigenvalue weighted by Gasteiger charge is 2.02. The van der Waals surface area contributed by atoms with Crippen LogP contribution in [0.3, 0.4) is 0 Å². The van der Waals surface area contributed by atoms with E-state index in [-0.39, 0.29) is 0 Å². The van der Waals surface area contributed by atoms with Crippen molar-refractivity contribution >= 4 is 0 Å². The van der Waals surface area contributed by atoms with Gasteiger partial charge in [0.2, 0.25) is 0 Å². The lowest BCUT2D eigenvalue weighted by molar-refractivity contribution is 0.429. The van der Waals surface area contributed by atoms with E-state index in [9.17, 15) is 0 Å². The summed E-state index contributed by atoms with van der Waals surface area (Å²) in [5.74, 6) is 0.968. The third-order valence-electron chi connectivity index (χ3n) is 7.60. The summed E-state index contributed by atoms with van der Waals surface area (Å²) in [6, 6.07) is 0. The molecule has 0 nitrogen and oxygen atoms in total. The summed E-state index contributed by atoms with van der Waals surface area (Å²) in [6.45, 7) is 7.11. The van der Waals surface area contributed by atoms with Gasteiger partial charge in [-0.05, 0) is 5.92 Å². The van der Waals surface area contributed by atoms with Crippen molar-refractivity contribution in [3.05, 3.63) is 0 Å². The lowest BCUT2D eigenvalue weighted by Gasteiger charge is -2.11. The monoisotopic (exact) mass is 451 g/mol. The van der Waals surface area contributed by atoms with Gasteiger partial charge in [0.05, 0.1) is 0 Å². The van der Waals surface area contributed by atoms with Crippen molar-refractivity contribution in [3.8, 4) is 0 Å². The molecule has 0 radical (unpaired) electrons. The topological polar surface area (TPSA) is 0 Å². The molecule has 0 N–H and O–H groups in total. The molecule has 0 spiro atoms. The number of rotatable bonds is 28. The summed E-state index contributed by atoms with van der Waals surface area (Å²) in [7, 11) is 0. The first-order valence-electron chi connectivity index (χ1n) is 15.8. The normalized spacial score (nSPS) is 12.5. The van der Waals surface area contributed by atoms with Gasteiger partial charge < -0.3 is 0 Å². The third kappa shape index (κ3) is 28.0. The first-order chi connectivity index (χ1) is 15.8. The number of hydrogen-bond acceptors (Lipinski definition) is 0. The average molecular weight is 451 g/mol. The molecule has 0 saturated heterocycles. The first kappa shape index (κ1) is 32.0. The van der Waals surface area contributed by atoms with Crippen LogP contribution in [0.15, 0.2) is 0 Å². The summed E-state index contributed by atoms with van der Waals surface area (Å²) >= 11 is 0. The van der Waals surface area contributed by atoms with Crippen LogP contribution in [0.2, 0.25) is 0 Å². The van der Waals surface area contributed by atoms with E-state index in [4.69, 9.17) is 0 Å². The molecule has 0 aliphatic carbocycles. The highest BCUT2D eigenvalue weighted by atomic mass is 14.1. The van der Waals surface area contributed by atoms with E-state index in [1.807, 2.05) is 0 Å². The fourth-order valence-corrected chi connectivity index (χ4v) is 5.17. The maximum absolute atomic E-state index is 2.50. The minimum Gasteiger partial charge on any atom is -0.0654 e. The zero-order valence-electron chi connectivity index (χ0n) is 23.4. The summed E-state index contributed by atoms with van der Waals surface area (Å²) in [4.78, 5) is 0. The van der Waals surface area contributed by atoms with Crippen molar-refractivity contribution in [2.24, 2.45) is 5.92 Å². The summed E-state index contributed by atoms with van der Waals surface area (Å²) in [6.07, 6.45) is 41.3. The van der Waals surface area contributed by atoms with E-state index in [0.29, 0.717) is 0 Å². The minimum absolute atomic E-state index is 0.968. The van der Waals surface area contributed by atoms with Crippen LogP contribution < -0.4 is 0 Å². The number of unbranched alkanes of at least 4 members (excludes halogenated alkanes) is 24. The van der Waals surface area contributed by atoms with Crippen LogP contribution in [0.4, 0.5) is 0 Å². The molecule has 0 heterocycles. The maximum atomic E-state index is 2.50. The van der Waals surface area contributed by atoms with E-state index in [1.54, 1.807) is 0 Å². The number of hydrogen-bond donors (Lipinski definition) is 0. The van der Waals surface area contributed by atoms with Crippen molar-refractivity contribution in [3.63, 3.8) is 0 Å². The highest BCUT2D eigenvalue weighted by Crippen LogP contribution is 2.19. The van der Waals surface area contributed by atoms with Gasteiger partial charge in [0.1, 0.15) is 0 Å². The molecule has 0 heteroatoms. The molecule has 0 amide bonds. The smallest absolute Gasteiger partial charge is 0.0443 e. The van der Waals surface area contributed by atoms with Gasteiger partial charge in [-0.3, -0.25) is 0 Å². The molecule has 1 atom stereocenters. The Bertz CT molecular complexity index is 307. The lowest BCUT2D eigenvalue weighted by atomic mass is 9.95. The van der Waals surface area contributed by atoms with E-state index >= 15 is 0 Å². The second kappa shape index (κ2) is 29.0. The van der Waals surface area contributed by atoms with Crippen LogP contribution in [0, 0.1) is 5.92 Å². The Kier molecular flexibility index (Phi) is 29.0. The fourth-order valence-electron chi connectivity index (χ4n) is 5.17. The van der Waals surface area contributed by atoms with Crippen LogP contribution in [0.5, 0.6) is 0 Å². The Morgan fingerprint density at radius 3 is 0.688 bits per heavy atom. The highest BCUT2D eigenvalue weighted by molar-refractivity contribution is 4.56. The SMILES string of the molecule is CCCCCCCCCCCCCCCCCC[C@@H](C)CCCCCCCCCCCC. The average Bonchev–Trinajstić information content (AvgIpc) is 2.80. The Morgan fingerprint density at radius 2 is 0.469 bits per heavy atom. The summed E-state index contributed by atoms with van der Waals surface area (Å²) in [5.41, 5.74) is 0. The molecule has 0 aliphatic rings. The first-order valence-corrected chi connectivity index (χ1v) is 15.8. The molecule has 194 valence electrons. The van der Waals surface area contributed by atoms with E-state index in [0.717, 1.165) is 5.92 Å². The van der Waals surface area contributed by atoms with Gasteiger partial charge in [-0.1, -0.05) is 201 Å². The molecule has 0 rings (SSSR count). The molecule has 0 saturated carbocycles. The summed E-state index contributed by atoms with van der Waals surface area (Å²) in [5, 5.41) is 0. The second-order valence-corrected chi connectivity index (χ2v) is 11.2. The van der Waals surface area contributed by atoms with Gasteiger partial charge >= 0.3 is 0 Å². The molecule has 0 aliphatic heterocycles. The largest absolute Gasteiger partial charge is 0.0654 e. The predicted octanol–water partition coefficient (Wildman–Crippen LogP) is 12.6. The molecular formula is C32H66. The maximum Gasteiger partial charge on any atom is -0.0443 e. The standard InChI is InChI=1S/C32H66/c1-4-6-8-10-12-14-16-17-18-19-20-21-23-25-27-29-31-32(3)30-28-26-24-22-15-13-11-9-7-5-2/h32H,4-31H2,1-3H3/t32-/m0/s1. The Balaban J connectivity index is 3.12. The van der Waals surface area contributed by atoms with Crippen molar-refractivity contribution in [2.45, 2.75) is 201 Å². The summed E-state index contributed by atoms with van der Waals surface area (Å²) < 4.78 is 0. The van der Waals surface area contributed by atoms with Crippen molar-refractivity contribution in [1.82, 2.24) is 0 Å². The Hall–Kier alpha value is 0. The van der Waals surface area contributed by atoms with Crippen LogP contribution in [-0.2, 0) is 0 Å². The third-order valence-corrected chi connectivity index (χ3v) is 7.60. The van der Waals surface area contributed by atoms with Crippen molar-refractivity contribution in [2.75, 3.05) is 0 Å². The molecule has 0 aromatic heterocycles. The van der Waals surface area contributed by atoms with Gasteiger partial charge in [-0.15, -0.1) is 0 Å². The zero-order valence-corrected chi connectivity index (χ0v) is 23.4. The zero-order chi connectivity index (χ0) is 23.4. The Morgan fingerprint density at radius 1 is 0.281 bits per heavy atom. The lowest BCUT2D eigenvalue weighted by Crippen LogP contribution is -1.95. The van der Waals surface area contributed by atoms with Gasteiger partial charge in [0, 0.05) is 0 Å². The van der Waals surface area contributed by atoms with E-state index in [2.05, 4.69) is 20.8 Å². The fraction of sp³-hybridized carbons (Fsp3) is 1.00. The van der Waals surface area contributed by atoms with Crippen molar-refractivity contribution < 1.29 is 0 Å². The molecular weight excluding hydrogens is 384 g/mol. The second-order valence-electron chi connectivity index (χ2n) is 11.2. The van der Waals surface area contributed by atoms with Crippen LogP contribution in [-0.4, -0.2) is 0 Å². The van der Waals surface area contributed by atoms with Gasteiger partial charge in [0.25, 0.3) is 0 Å². The van der Waals surface area contributed by atoms with Gasteiger partial charge in [0.15, 0.2) is 0 Å². The van der Waals surface area contributed by atoms with Gasteiger partial charge in [-0.25, -0.2) is 0 Å². The molecule has 0 aromatic carbocycles.